The highest BCUT2D eigenvalue weighted by Gasteiger charge is 2.13. The van der Waals surface area contributed by atoms with Crippen LogP contribution in [0.25, 0.3) is 11.2 Å². The summed E-state index contributed by atoms with van der Waals surface area (Å²) in [5.41, 5.74) is 2.17. The first-order valence-electron chi connectivity index (χ1n) is 8.41. The molecule has 0 saturated heterocycles. The molecule has 0 bridgehead atoms. The second-order valence-corrected chi connectivity index (χ2v) is 6.51. The number of allylic oxidation sites excluding steroid dienone is 2. The van der Waals surface area contributed by atoms with Crippen LogP contribution in [-0.4, -0.2) is 27.0 Å². The zero-order chi connectivity index (χ0) is 16.2. The fourth-order valence-electron chi connectivity index (χ4n) is 3.03. The monoisotopic (exact) mass is 312 g/mol. The van der Waals surface area contributed by atoms with E-state index in [1.807, 2.05) is 10.6 Å². The van der Waals surface area contributed by atoms with Gasteiger partial charge in [0.1, 0.15) is 5.52 Å². The fourth-order valence-corrected chi connectivity index (χ4v) is 3.03. The topological polar surface area (TPSA) is 59.8 Å². The zero-order valence-corrected chi connectivity index (χ0v) is 13.8. The number of aromatic nitrogens is 3. The largest absolute Gasteiger partial charge is 0.352 e. The number of pyridine rings is 1. The molecule has 1 unspecified atom stereocenters. The van der Waals surface area contributed by atoms with Gasteiger partial charge in [0.05, 0.1) is 11.9 Å². The molecule has 1 aliphatic carbocycles. The first kappa shape index (κ1) is 15.7. The Morgan fingerprint density at radius 2 is 2.26 bits per heavy atom. The Hall–Kier alpha value is -2.17. The van der Waals surface area contributed by atoms with E-state index in [-0.39, 0.29) is 5.91 Å². The fraction of sp³-hybridized carbons (Fsp3) is 0.500. The third kappa shape index (κ3) is 3.60. The lowest BCUT2D eigenvalue weighted by Gasteiger charge is -2.17. The summed E-state index contributed by atoms with van der Waals surface area (Å²) in [6, 6.07) is 2.12. The van der Waals surface area contributed by atoms with Gasteiger partial charge in [0.25, 0.3) is 5.91 Å². The SMILES string of the molecule is CC(C)n1cnc2cc(C(=O)NCCC3CC=CCC3)cnc21. The molecule has 122 valence electrons. The molecule has 5 nitrogen and oxygen atoms in total. The lowest BCUT2D eigenvalue weighted by atomic mass is 9.91. The highest BCUT2D eigenvalue weighted by molar-refractivity contribution is 5.96. The molecule has 1 amide bonds. The van der Waals surface area contributed by atoms with Crippen molar-refractivity contribution in [2.75, 3.05) is 6.54 Å². The molecule has 1 atom stereocenters. The minimum Gasteiger partial charge on any atom is -0.352 e. The van der Waals surface area contributed by atoms with Gasteiger partial charge in [-0.05, 0) is 51.5 Å². The van der Waals surface area contributed by atoms with E-state index in [2.05, 4.69) is 41.3 Å². The van der Waals surface area contributed by atoms with Crippen molar-refractivity contribution < 1.29 is 4.79 Å². The summed E-state index contributed by atoms with van der Waals surface area (Å²) in [7, 11) is 0. The maximum atomic E-state index is 12.3. The van der Waals surface area contributed by atoms with Gasteiger partial charge < -0.3 is 9.88 Å². The van der Waals surface area contributed by atoms with Crippen LogP contribution < -0.4 is 5.32 Å². The molecule has 5 heteroatoms. The third-order valence-corrected chi connectivity index (χ3v) is 4.45. The van der Waals surface area contributed by atoms with E-state index >= 15 is 0 Å². The number of carbonyl (C=O) groups excluding carboxylic acids is 1. The zero-order valence-electron chi connectivity index (χ0n) is 13.8. The number of carbonyl (C=O) groups is 1. The first-order valence-corrected chi connectivity index (χ1v) is 8.41. The molecule has 0 aromatic carbocycles. The van der Waals surface area contributed by atoms with Crippen molar-refractivity contribution in [2.45, 2.75) is 45.6 Å². The second kappa shape index (κ2) is 6.94. The van der Waals surface area contributed by atoms with E-state index in [0.717, 1.165) is 37.0 Å². The van der Waals surface area contributed by atoms with Crippen molar-refractivity contribution >= 4 is 17.1 Å². The lowest BCUT2D eigenvalue weighted by Crippen LogP contribution is -2.26. The predicted molar refractivity (Wildman–Crippen MR) is 91.3 cm³/mol. The Kier molecular flexibility index (Phi) is 4.74. The molecule has 0 radical (unpaired) electrons. The van der Waals surface area contributed by atoms with E-state index in [4.69, 9.17) is 0 Å². The van der Waals surface area contributed by atoms with E-state index < -0.39 is 0 Å². The lowest BCUT2D eigenvalue weighted by molar-refractivity contribution is 0.0951. The van der Waals surface area contributed by atoms with E-state index in [1.54, 1.807) is 12.5 Å². The number of hydrogen-bond donors (Lipinski definition) is 1. The Labute approximate surface area is 136 Å². The summed E-state index contributed by atoms with van der Waals surface area (Å²) in [5, 5.41) is 3.00. The van der Waals surface area contributed by atoms with Crippen LogP contribution in [0.3, 0.4) is 0 Å². The standard InChI is InChI=1S/C18H24N4O/c1-13(2)22-12-21-16-10-15(11-20-17(16)22)18(23)19-9-8-14-6-4-3-5-7-14/h3-4,10-14H,5-9H2,1-2H3,(H,19,23). The van der Waals surface area contributed by atoms with Crippen LogP contribution in [0.2, 0.25) is 0 Å². The molecule has 23 heavy (non-hydrogen) atoms. The number of rotatable bonds is 5. The average molecular weight is 312 g/mol. The molecule has 3 rings (SSSR count). The highest BCUT2D eigenvalue weighted by atomic mass is 16.1. The summed E-state index contributed by atoms with van der Waals surface area (Å²) in [6.45, 7) is 4.89. The van der Waals surface area contributed by atoms with Crippen molar-refractivity contribution in [3.8, 4) is 0 Å². The molecule has 1 aliphatic rings. The van der Waals surface area contributed by atoms with Gasteiger partial charge >= 0.3 is 0 Å². The van der Waals surface area contributed by atoms with E-state index in [1.165, 1.54) is 6.42 Å². The smallest absolute Gasteiger partial charge is 0.252 e. The summed E-state index contributed by atoms with van der Waals surface area (Å²) >= 11 is 0. The number of hydrogen-bond acceptors (Lipinski definition) is 3. The molecule has 2 aromatic rings. The quantitative estimate of drug-likeness (QED) is 0.860. The molecule has 0 spiro atoms. The maximum absolute atomic E-state index is 12.3. The van der Waals surface area contributed by atoms with Gasteiger partial charge in [0, 0.05) is 18.8 Å². The number of fused-ring (bicyclic) bond motifs is 1. The van der Waals surface area contributed by atoms with Gasteiger partial charge in [-0.1, -0.05) is 12.2 Å². The van der Waals surface area contributed by atoms with Crippen LogP contribution in [0.5, 0.6) is 0 Å². The van der Waals surface area contributed by atoms with Gasteiger partial charge in [-0.15, -0.1) is 0 Å². The van der Waals surface area contributed by atoms with Crippen LogP contribution in [0.15, 0.2) is 30.7 Å². The number of nitrogens with zero attached hydrogens (tertiary/aromatic N) is 3. The Morgan fingerprint density at radius 1 is 1.39 bits per heavy atom. The normalized spacial score (nSPS) is 17.8. The van der Waals surface area contributed by atoms with Gasteiger partial charge in [-0.25, -0.2) is 9.97 Å². The first-order chi connectivity index (χ1) is 11.1. The summed E-state index contributed by atoms with van der Waals surface area (Å²) < 4.78 is 2.01. The molecular formula is C18H24N4O. The van der Waals surface area contributed by atoms with Crippen molar-refractivity contribution in [1.82, 2.24) is 19.9 Å². The molecule has 0 saturated carbocycles. The van der Waals surface area contributed by atoms with E-state index in [9.17, 15) is 4.79 Å². The van der Waals surface area contributed by atoms with Gasteiger partial charge in [-0.3, -0.25) is 4.79 Å². The average Bonchev–Trinajstić information content (AvgIpc) is 2.99. The third-order valence-electron chi connectivity index (χ3n) is 4.45. The van der Waals surface area contributed by atoms with Crippen LogP contribution in [-0.2, 0) is 0 Å². The summed E-state index contributed by atoms with van der Waals surface area (Å²) in [6.07, 6.45) is 12.5. The summed E-state index contributed by atoms with van der Waals surface area (Å²) in [4.78, 5) is 21.0. The van der Waals surface area contributed by atoms with Crippen molar-refractivity contribution in [2.24, 2.45) is 5.92 Å². The maximum Gasteiger partial charge on any atom is 0.252 e. The number of amides is 1. The van der Waals surface area contributed by atoms with Crippen LogP contribution in [0.4, 0.5) is 0 Å². The minimum absolute atomic E-state index is 0.0650. The van der Waals surface area contributed by atoms with Crippen molar-refractivity contribution in [3.63, 3.8) is 0 Å². The van der Waals surface area contributed by atoms with Crippen molar-refractivity contribution in [3.05, 3.63) is 36.3 Å². The minimum atomic E-state index is -0.0650. The van der Waals surface area contributed by atoms with Crippen LogP contribution >= 0.6 is 0 Å². The highest BCUT2D eigenvalue weighted by Crippen LogP contribution is 2.21. The van der Waals surface area contributed by atoms with Gasteiger partial charge in [0.15, 0.2) is 5.65 Å². The van der Waals surface area contributed by atoms with Crippen molar-refractivity contribution in [1.29, 1.82) is 0 Å². The Morgan fingerprint density at radius 3 is 3.00 bits per heavy atom. The molecular weight excluding hydrogens is 288 g/mol. The van der Waals surface area contributed by atoms with Crippen LogP contribution in [0, 0.1) is 5.92 Å². The van der Waals surface area contributed by atoms with E-state index in [0.29, 0.717) is 17.5 Å². The Balaban J connectivity index is 1.61. The van der Waals surface area contributed by atoms with Crippen LogP contribution in [0.1, 0.15) is 55.9 Å². The van der Waals surface area contributed by atoms with Gasteiger partial charge in [0.2, 0.25) is 0 Å². The second-order valence-electron chi connectivity index (χ2n) is 6.51. The summed E-state index contributed by atoms with van der Waals surface area (Å²) in [5.74, 6) is 0.632. The van der Waals surface area contributed by atoms with Gasteiger partial charge in [-0.2, -0.15) is 0 Å². The Bertz CT molecular complexity index is 717. The molecule has 1 N–H and O–H groups in total. The molecule has 2 heterocycles. The molecule has 0 fully saturated rings. The number of nitrogens with one attached hydrogen (secondary N) is 1. The molecule has 2 aromatic heterocycles. The predicted octanol–water partition coefficient (Wildman–Crippen LogP) is 3.49. The number of imidazole rings is 1. The molecule has 0 aliphatic heterocycles.